The van der Waals surface area contributed by atoms with Crippen molar-refractivity contribution in [2.45, 2.75) is 6.54 Å². The van der Waals surface area contributed by atoms with E-state index in [2.05, 4.69) is 0 Å². The third kappa shape index (κ3) is 1.71. The van der Waals surface area contributed by atoms with Crippen LogP contribution in [-0.2, 0) is 6.54 Å². The molecule has 0 saturated heterocycles. The first-order valence-corrected chi connectivity index (χ1v) is 2.82. The largest absolute Gasteiger partial charge is 0.448 e. The van der Waals surface area contributed by atoms with Crippen LogP contribution in [0, 0.1) is 0 Å². The van der Waals surface area contributed by atoms with Crippen LogP contribution in [0.2, 0.25) is 5.22 Å². The molecular weight excluding hydrogens is 142 g/mol. The summed E-state index contributed by atoms with van der Waals surface area (Å²) in [5, 5.41) is 8.51. The molecule has 9 heavy (non-hydrogen) atoms. The van der Waals surface area contributed by atoms with Crippen LogP contribution >= 0.6 is 11.6 Å². The first kappa shape index (κ1) is 6.61. The highest BCUT2D eigenvalue weighted by Crippen LogP contribution is 2.12. The fourth-order valence-electron chi connectivity index (χ4n) is 0.525. The summed E-state index contributed by atoms with van der Waals surface area (Å²) in [5.74, 6) is 0.613. The molecule has 1 rings (SSSR count). The second-order valence-electron chi connectivity index (χ2n) is 1.54. The lowest BCUT2D eigenvalue weighted by molar-refractivity contribution is 0.153. The molecule has 4 heteroatoms. The summed E-state index contributed by atoms with van der Waals surface area (Å²) in [5.41, 5.74) is 1.94. The number of nitrogens with one attached hydrogen (secondary N) is 1. The van der Waals surface area contributed by atoms with Gasteiger partial charge in [-0.3, -0.25) is 0 Å². The lowest BCUT2D eigenvalue weighted by atomic mass is 10.5. The van der Waals surface area contributed by atoms with E-state index in [1.807, 2.05) is 5.48 Å². The van der Waals surface area contributed by atoms with Crippen LogP contribution < -0.4 is 5.48 Å². The summed E-state index contributed by atoms with van der Waals surface area (Å²) in [7, 11) is 0. The average Bonchev–Trinajstić information content (AvgIpc) is 2.17. The summed E-state index contributed by atoms with van der Waals surface area (Å²) in [6, 6.07) is 3.31. The second kappa shape index (κ2) is 2.87. The minimum atomic E-state index is 0.284. The molecule has 0 amide bonds. The highest BCUT2D eigenvalue weighted by atomic mass is 35.5. The van der Waals surface area contributed by atoms with Gasteiger partial charge in [-0.15, -0.1) is 0 Å². The van der Waals surface area contributed by atoms with E-state index in [0.717, 1.165) is 0 Å². The number of hydroxylamine groups is 1. The molecule has 0 radical (unpaired) electrons. The van der Waals surface area contributed by atoms with Gasteiger partial charge in [0.15, 0.2) is 5.22 Å². The molecule has 0 aromatic carbocycles. The molecule has 3 nitrogen and oxygen atoms in total. The lowest BCUT2D eigenvalue weighted by Crippen LogP contribution is -2.04. The molecule has 1 aromatic heterocycles. The molecule has 0 aliphatic rings. The Morgan fingerprint density at radius 2 is 2.44 bits per heavy atom. The van der Waals surface area contributed by atoms with E-state index in [1.54, 1.807) is 12.1 Å². The third-order valence-electron chi connectivity index (χ3n) is 0.882. The zero-order chi connectivity index (χ0) is 6.69. The van der Waals surface area contributed by atoms with Gasteiger partial charge >= 0.3 is 0 Å². The minimum absolute atomic E-state index is 0.284. The molecule has 50 valence electrons. The van der Waals surface area contributed by atoms with Gasteiger partial charge in [-0.25, -0.2) is 0 Å². The highest BCUT2D eigenvalue weighted by Gasteiger charge is 1.95. The van der Waals surface area contributed by atoms with Crippen LogP contribution in [0.5, 0.6) is 0 Å². The number of hydrogen-bond acceptors (Lipinski definition) is 3. The smallest absolute Gasteiger partial charge is 0.193 e. The molecule has 1 heterocycles. The van der Waals surface area contributed by atoms with E-state index in [9.17, 15) is 0 Å². The molecule has 1 aromatic rings. The van der Waals surface area contributed by atoms with Crippen molar-refractivity contribution in [1.29, 1.82) is 0 Å². The Morgan fingerprint density at radius 3 is 2.89 bits per heavy atom. The highest BCUT2D eigenvalue weighted by molar-refractivity contribution is 6.28. The molecule has 2 N–H and O–H groups in total. The Kier molecular flexibility index (Phi) is 2.10. The topological polar surface area (TPSA) is 45.4 Å². The van der Waals surface area contributed by atoms with Crippen molar-refractivity contribution in [1.82, 2.24) is 5.48 Å². The van der Waals surface area contributed by atoms with Gasteiger partial charge in [-0.1, -0.05) is 0 Å². The maximum absolute atomic E-state index is 8.18. The lowest BCUT2D eigenvalue weighted by Gasteiger charge is -1.88. The zero-order valence-electron chi connectivity index (χ0n) is 4.60. The third-order valence-corrected chi connectivity index (χ3v) is 1.09. The molecule has 0 unspecified atom stereocenters. The molecule has 0 bridgehead atoms. The van der Waals surface area contributed by atoms with E-state index in [4.69, 9.17) is 21.2 Å². The van der Waals surface area contributed by atoms with Crippen molar-refractivity contribution in [2.24, 2.45) is 0 Å². The monoisotopic (exact) mass is 147 g/mol. The van der Waals surface area contributed by atoms with Gasteiger partial charge < -0.3 is 9.62 Å². The molecule has 0 atom stereocenters. The van der Waals surface area contributed by atoms with Crippen molar-refractivity contribution >= 4 is 11.6 Å². The number of furan rings is 1. The maximum atomic E-state index is 8.18. The quantitative estimate of drug-likeness (QED) is 0.622. The predicted octanol–water partition coefficient (Wildman–Crippen LogP) is 1.41. The standard InChI is InChI=1S/C5H6ClNO2/c6-5-2-1-4(9-5)3-7-8/h1-2,7-8H,3H2. The molecular formula is C5H6ClNO2. The van der Waals surface area contributed by atoms with E-state index in [1.165, 1.54) is 0 Å². The van der Waals surface area contributed by atoms with Crippen LogP contribution in [0.25, 0.3) is 0 Å². The fraction of sp³-hybridized carbons (Fsp3) is 0.200. The number of rotatable bonds is 2. The van der Waals surface area contributed by atoms with E-state index < -0.39 is 0 Å². The van der Waals surface area contributed by atoms with Gasteiger partial charge in [0.25, 0.3) is 0 Å². The first-order chi connectivity index (χ1) is 4.33. The van der Waals surface area contributed by atoms with Crippen molar-refractivity contribution in [2.75, 3.05) is 0 Å². The molecule has 0 saturated carbocycles. The van der Waals surface area contributed by atoms with Crippen molar-refractivity contribution in [3.63, 3.8) is 0 Å². The Bertz CT molecular complexity index is 187. The van der Waals surface area contributed by atoms with Gasteiger partial charge in [0, 0.05) is 0 Å². The van der Waals surface area contributed by atoms with E-state index in [0.29, 0.717) is 11.0 Å². The summed E-state index contributed by atoms with van der Waals surface area (Å²) in [4.78, 5) is 0. The van der Waals surface area contributed by atoms with Gasteiger partial charge in [0.2, 0.25) is 0 Å². The Balaban J connectivity index is 2.61. The van der Waals surface area contributed by atoms with Gasteiger partial charge in [-0.2, -0.15) is 5.48 Å². The van der Waals surface area contributed by atoms with Gasteiger partial charge in [0.05, 0.1) is 6.54 Å². The minimum Gasteiger partial charge on any atom is -0.448 e. The predicted molar refractivity (Wildman–Crippen MR) is 32.3 cm³/mol. The van der Waals surface area contributed by atoms with Crippen molar-refractivity contribution in [3.05, 3.63) is 23.1 Å². The first-order valence-electron chi connectivity index (χ1n) is 2.44. The molecule has 0 fully saturated rings. The molecule has 0 spiro atoms. The van der Waals surface area contributed by atoms with Crippen molar-refractivity contribution < 1.29 is 9.62 Å². The summed E-state index contributed by atoms with van der Waals surface area (Å²) in [6.07, 6.45) is 0. The average molecular weight is 148 g/mol. The van der Waals surface area contributed by atoms with E-state index in [-0.39, 0.29) is 6.54 Å². The van der Waals surface area contributed by atoms with Crippen LogP contribution in [0.4, 0.5) is 0 Å². The summed E-state index contributed by atoms with van der Waals surface area (Å²) < 4.78 is 4.87. The normalized spacial score (nSPS) is 10.0. The zero-order valence-corrected chi connectivity index (χ0v) is 5.35. The van der Waals surface area contributed by atoms with Gasteiger partial charge in [0.1, 0.15) is 5.76 Å². The van der Waals surface area contributed by atoms with Crippen LogP contribution in [0.15, 0.2) is 16.5 Å². The van der Waals surface area contributed by atoms with Crippen molar-refractivity contribution in [3.8, 4) is 0 Å². The Labute approximate surface area is 57.2 Å². The van der Waals surface area contributed by atoms with Crippen LogP contribution in [0.3, 0.4) is 0 Å². The molecule has 0 aliphatic carbocycles. The van der Waals surface area contributed by atoms with Crippen LogP contribution in [-0.4, -0.2) is 5.21 Å². The molecule has 0 aliphatic heterocycles. The second-order valence-corrected chi connectivity index (χ2v) is 1.91. The van der Waals surface area contributed by atoms with Crippen LogP contribution in [0.1, 0.15) is 5.76 Å². The summed E-state index contributed by atoms with van der Waals surface area (Å²) >= 11 is 5.42. The Hall–Kier alpha value is -0.510. The summed E-state index contributed by atoms with van der Waals surface area (Å²) in [6.45, 7) is 0.284. The fourth-order valence-corrected chi connectivity index (χ4v) is 0.687. The van der Waals surface area contributed by atoms with E-state index >= 15 is 0 Å². The SMILES string of the molecule is ONCc1ccc(Cl)o1. The number of halogens is 1. The number of hydrogen-bond donors (Lipinski definition) is 2. The van der Waals surface area contributed by atoms with Gasteiger partial charge in [-0.05, 0) is 23.7 Å². The Morgan fingerprint density at radius 1 is 1.67 bits per heavy atom. The maximum Gasteiger partial charge on any atom is 0.193 e.